The summed E-state index contributed by atoms with van der Waals surface area (Å²) in [7, 11) is 1.55. The maximum absolute atomic E-state index is 11.6. The zero-order chi connectivity index (χ0) is 13.6. The predicted octanol–water partition coefficient (Wildman–Crippen LogP) is 0.784. The van der Waals surface area contributed by atoms with Crippen molar-refractivity contribution in [2.24, 2.45) is 0 Å². The van der Waals surface area contributed by atoms with Gasteiger partial charge < -0.3 is 14.8 Å². The number of nitrogens with one attached hydrogen (secondary N) is 1. The topological polar surface area (TPSA) is 50.8 Å². The number of methoxy groups -OCH3 is 1. The molecule has 0 radical (unpaired) electrons. The number of morpholine rings is 1. The van der Waals surface area contributed by atoms with E-state index in [-0.39, 0.29) is 18.1 Å². The molecule has 1 saturated carbocycles. The van der Waals surface area contributed by atoms with E-state index >= 15 is 0 Å². The first-order valence-corrected chi connectivity index (χ1v) is 7.35. The van der Waals surface area contributed by atoms with Gasteiger partial charge in [-0.1, -0.05) is 19.3 Å². The highest BCUT2D eigenvalue weighted by Gasteiger charge is 2.38. The number of nitrogens with zero attached hydrogens (tertiary/aromatic N) is 1. The smallest absolute Gasteiger partial charge is 0.246 e. The van der Waals surface area contributed by atoms with Crippen LogP contribution in [0.3, 0.4) is 0 Å². The lowest BCUT2D eigenvalue weighted by atomic mass is 9.79. The second kappa shape index (κ2) is 7.22. The van der Waals surface area contributed by atoms with Crippen molar-refractivity contribution in [2.75, 3.05) is 46.6 Å². The van der Waals surface area contributed by atoms with Crippen molar-refractivity contribution in [1.29, 1.82) is 0 Å². The van der Waals surface area contributed by atoms with Crippen LogP contribution in [0.5, 0.6) is 0 Å². The Morgan fingerprint density at radius 1 is 1.26 bits per heavy atom. The van der Waals surface area contributed by atoms with Crippen LogP contribution in [-0.4, -0.2) is 62.9 Å². The van der Waals surface area contributed by atoms with Crippen LogP contribution >= 0.6 is 0 Å². The van der Waals surface area contributed by atoms with Gasteiger partial charge >= 0.3 is 0 Å². The molecule has 0 aromatic heterocycles. The molecular formula is C14H26N2O3. The molecule has 2 aliphatic rings. The van der Waals surface area contributed by atoms with Crippen LogP contribution in [0, 0.1) is 0 Å². The van der Waals surface area contributed by atoms with E-state index in [0.717, 1.165) is 32.8 Å². The van der Waals surface area contributed by atoms with E-state index in [1.54, 1.807) is 7.11 Å². The van der Waals surface area contributed by atoms with E-state index in [1.165, 1.54) is 32.1 Å². The fourth-order valence-electron chi connectivity index (χ4n) is 3.30. The van der Waals surface area contributed by atoms with E-state index < -0.39 is 0 Å². The lowest BCUT2D eigenvalue weighted by molar-refractivity contribution is -0.126. The van der Waals surface area contributed by atoms with Crippen molar-refractivity contribution in [1.82, 2.24) is 10.2 Å². The summed E-state index contributed by atoms with van der Waals surface area (Å²) in [6.45, 7) is 4.50. The number of hydrogen-bond donors (Lipinski definition) is 1. The van der Waals surface area contributed by atoms with E-state index in [1.807, 2.05) is 0 Å². The summed E-state index contributed by atoms with van der Waals surface area (Å²) in [4.78, 5) is 14.2. The summed E-state index contributed by atoms with van der Waals surface area (Å²) in [5.74, 6) is -0.0132. The molecule has 110 valence electrons. The molecule has 1 heterocycles. The quantitative estimate of drug-likeness (QED) is 0.802. The third-order valence-corrected chi connectivity index (χ3v) is 4.36. The van der Waals surface area contributed by atoms with Crippen molar-refractivity contribution in [2.45, 2.75) is 37.6 Å². The Bertz CT molecular complexity index is 284. The van der Waals surface area contributed by atoms with Crippen LogP contribution in [0.4, 0.5) is 0 Å². The lowest BCUT2D eigenvalue weighted by Crippen LogP contribution is -2.59. The monoisotopic (exact) mass is 270 g/mol. The highest BCUT2D eigenvalue weighted by Crippen LogP contribution is 2.33. The molecule has 2 fully saturated rings. The molecule has 0 spiro atoms. The molecule has 1 amide bonds. The van der Waals surface area contributed by atoms with Gasteiger partial charge in [0.25, 0.3) is 0 Å². The van der Waals surface area contributed by atoms with E-state index in [0.29, 0.717) is 0 Å². The van der Waals surface area contributed by atoms with Gasteiger partial charge in [-0.05, 0) is 12.8 Å². The van der Waals surface area contributed by atoms with Crippen molar-refractivity contribution in [3.05, 3.63) is 0 Å². The molecule has 0 bridgehead atoms. The van der Waals surface area contributed by atoms with Crippen LogP contribution in [0.15, 0.2) is 0 Å². The van der Waals surface area contributed by atoms with Crippen molar-refractivity contribution < 1.29 is 14.3 Å². The summed E-state index contributed by atoms with van der Waals surface area (Å²) < 4.78 is 10.3. The van der Waals surface area contributed by atoms with Crippen LogP contribution in [0.2, 0.25) is 0 Å². The number of rotatable bonds is 5. The van der Waals surface area contributed by atoms with Crippen molar-refractivity contribution in [3.63, 3.8) is 0 Å². The average Bonchev–Trinajstić information content (AvgIpc) is 2.47. The number of ether oxygens (including phenoxy) is 2. The second-order valence-corrected chi connectivity index (χ2v) is 5.59. The minimum Gasteiger partial charge on any atom is -0.379 e. The summed E-state index contributed by atoms with van der Waals surface area (Å²) >= 11 is 0. The Labute approximate surface area is 115 Å². The maximum Gasteiger partial charge on any atom is 0.246 e. The van der Waals surface area contributed by atoms with Gasteiger partial charge in [-0.2, -0.15) is 0 Å². The van der Waals surface area contributed by atoms with Gasteiger partial charge in [0.2, 0.25) is 5.91 Å². The van der Waals surface area contributed by atoms with Crippen LogP contribution < -0.4 is 5.32 Å². The van der Waals surface area contributed by atoms with Crippen LogP contribution in [0.1, 0.15) is 32.1 Å². The highest BCUT2D eigenvalue weighted by molar-refractivity contribution is 5.77. The Balaban J connectivity index is 1.95. The molecule has 0 aromatic carbocycles. The van der Waals surface area contributed by atoms with Gasteiger partial charge in [0, 0.05) is 32.3 Å². The minimum absolute atomic E-state index is 0.0132. The summed E-state index contributed by atoms with van der Waals surface area (Å²) in [5.41, 5.74) is 0.144. The third kappa shape index (κ3) is 3.91. The maximum atomic E-state index is 11.6. The molecule has 1 aliphatic carbocycles. The first-order chi connectivity index (χ1) is 9.27. The van der Waals surface area contributed by atoms with Crippen molar-refractivity contribution in [3.8, 4) is 0 Å². The molecule has 1 saturated heterocycles. The van der Waals surface area contributed by atoms with Gasteiger partial charge in [-0.3, -0.25) is 9.69 Å². The molecule has 0 aromatic rings. The number of hydrogen-bond acceptors (Lipinski definition) is 4. The van der Waals surface area contributed by atoms with Gasteiger partial charge in [0.15, 0.2) is 0 Å². The number of carbonyl (C=O) groups is 1. The van der Waals surface area contributed by atoms with E-state index in [9.17, 15) is 4.79 Å². The van der Waals surface area contributed by atoms with Gasteiger partial charge in [0.1, 0.15) is 6.61 Å². The summed E-state index contributed by atoms with van der Waals surface area (Å²) in [6, 6.07) is 0. The Morgan fingerprint density at radius 3 is 2.58 bits per heavy atom. The molecule has 0 unspecified atom stereocenters. The Hall–Kier alpha value is -0.650. The zero-order valence-corrected chi connectivity index (χ0v) is 12.0. The van der Waals surface area contributed by atoms with E-state index in [2.05, 4.69) is 10.2 Å². The fourth-order valence-corrected chi connectivity index (χ4v) is 3.30. The molecule has 5 heteroatoms. The summed E-state index contributed by atoms with van der Waals surface area (Å²) in [6.07, 6.45) is 6.20. The fraction of sp³-hybridized carbons (Fsp3) is 0.929. The standard InChI is InChI=1S/C14H26N2O3/c1-18-11-13(17)15-12-14(5-3-2-4-6-14)16-7-9-19-10-8-16/h2-12H2,1H3,(H,15,17). The molecule has 0 atom stereocenters. The summed E-state index contributed by atoms with van der Waals surface area (Å²) in [5, 5.41) is 3.05. The first-order valence-electron chi connectivity index (χ1n) is 7.35. The Morgan fingerprint density at radius 2 is 1.95 bits per heavy atom. The van der Waals surface area contributed by atoms with E-state index in [4.69, 9.17) is 9.47 Å². The Kier molecular flexibility index (Phi) is 5.60. The highest BCUT2D eigenvalue weighted by atomic mass is 16.5. The van der Waals surface area contributed by atoms with Crippen molar-refractivity contribution >= 4 is 5.91 Å². The molecule has 1 aliphatic heterocycles. The van der Waals surface area contributed by atoms with Crippen LogP contribution in [0.25, 0.3) is 0 Å². The van der Waals surface area contributed by atoms with Gasteiger partial charge in [0.05, 0.1) is 13.2 Å². The minimum atomic E-state index is -0.0132. The molecule has 1 N–H and O–H groups in total. The molecule has 19 heavy (non-hydrogen) atoms. The molecule has 5 nitrogen and oxygen atoms in total. The average molecular weight is 270 g/mol. The number of amides is 1. The second-order valence-electron chi connectivity index (χ2n) is 5.59. The van der Waals surface area contributed by atoms with Crippen LogP contribution in [-0.2, 0) is 14.3 Å². The predicted molar refractivity (Wildman–Crippen MR) is 73.1 cm³/mol. The van der Waals surface area contributed by atoms with Gasteiger partial charge in [-0.15, -0.1) is 0 Å². The number of carbonyl (C=O) groups excluding carboxylic acids is 1. The third-order valence-electron chi connectivity index (χ3n) is 4.36. The first kappa shape index (κ1) is 14.8. The normalized spacial score (nSPS) is 24.1. The SMILES string of the molecule is COCC(=O)NCC1(N2CCOCC2)CCCCC1. The molecular weight excluding hydrogens is 244 g/mol. The molecule has 2 rings (SSSR count). The lowest BCUT2D eigenvalue weighted by Gasteiger charge is -2.48. The van der Waals surface area contributed by atoms with Gasteiger partial charge in [-0.25, -0.2) is 0 Å². The largest absolute Gasteiger partial charge is 0.379 e. The zero-order valence-electron chi connectivity index (χ0n) is 12.0.